The minimum Gasteiger partial charge on any atom is -1.00 e. The molecule has 0 N–H and O–H groups in total. The number of rotatable bonds is 14. The largest absolute Gasteiger partial charge is 1.00 e. The molecule has 6 aromatic rings. The number of nitrogens with zero attached hydrogens (tertiary/aromatic N) is 4. The molecule has 72 heavy (non-hydrogen) atoms. The molecule has 2 aromatic carbocycles. The molecule has 4 fully saturated rings. The fourth-order valence-corrected chi connectivity index (χ4v) is 10.4. The van der Waals surface area contributed by atoms with E-state index >= 15 is 0 Å². The molecule has 4 heterocycles. The average Bonchev–Trinajstić information content (AvgIpc) is 4.24. The Morgan fingerprint density at radius 1 is 0.347 bits per heavy atom. The molecule has 4 aliphatic carbocycles. The standard InChI is InChI=1S/2C26H32N2.2C5H10.2CH4.ClH.2Fe.HI/c2*1-22-9-11-26(12-10-22)28-20-15-25(16-21-28)24-13-18-27(19-14-24)17-5-4-8-23-6-2-3-7-23;2*1-2-4-5-3-1;;;;;;/h2*9-16,18-21,23H,2-8,17H2,1H3;2*1-5H2;2*1H4;1H;;;1H/q2*+2;;;;;;;;/p-2. The Kier molecular flexibility index (Phi) is 36.0. The molecule has 0 spiro atoms. The van der Waals surface area contributed by atoms with Gasteiger partial charge in [0.2, 0.25) is 11.4 Å². The quantitative estimate of drug-likeness (QED) is 0.0447. The SMILES string of the molecule is C.C.C1CCCC1.C1CCCC1.Cc1ccc(-[n+]2ccc(-c3cc[n+](CCCCC4CCCC4)cc3)cc2)cc1.Cc1ccc(-[n+]2ccc(-c3cc[n+](CCCCC4CCCC4)cc3)cc2)cc1.[Cl-].[Fe].[Fe].[I-]. The third kappa shape index (κ3) is 23.8. The van der Waals surface area contributed by atoms with Gasteiger partial charge in [0.1, 0.15) is 13.1 Å². The van der Waals surface area contributed by atoms with Crippen molar-refractivity contribution >= 4 is 0 Å². The number of benzene rings is 2. The van der Waals surface area contributed by atoms with Crippen LogP contribution in [-0.4, -0.2) is 0 Å². The molecule has 396 valence electrons. The first-order valence-corrected chi connectivity index (χ1v) is 26.7. The molecule has 4 nitrogen and oxygen atoms in total. The van der Waals surface area contributed by atoms with Gasteiger partial charge < -0.3 is 36.4 Å². The molecule has 8 heteroatoms. The number of aromatic nitrogens is 4. The zero-order chi connectivity index (χ0) is 45.4. The number of aryl methyl sites for hydroxylation is 4. The smallest absolute Gasteiger partial charge is 0.210 e. The predicted octanol–water partition coefficient (Wildman–Crippen LogP) is 10.3. The van der Waals surface area contributed by atoms with Crippen LogP contribution in [0.25, 0.3) is 33.6 Å². The predicted molar refractivity (Wildman–Crippen MR) is 288 cm³/mol. The molecular weight excluding hydrogens is 1100 g/mol. The van der Waals surface area contributed by atoms with Crippen LogP contribution in [0.1, 0.15) is 180 Å². The summed E-state index contributed by atoms with van der Waals surface area (Å²) in [7, 11) is 0. The van der Waals surface area contributed by atoms with Crippen LogP contribution >= 0.6 is 0 Å². The molecule has 0 amide bonds. The van der Waals surface area contributed by atoms with Crippen molar-refractivity contribution in [1.29, 1.82) is 0 Å². The fraction of sp³-hybridized carbons (Fsp3) is 0.500. The molecule has 0 saturated heterocycles. The van der Waals surface area contributed by atoms with Gasteiger partial charge >= 0.3 is 0 Å². The van der Waals surface area contributed by atoms with Gasteiger partial charge in [0.25, 0.3) is 0 Å². The van der Waals surface area contributed by atoms with Crippen molar-refractivity contribution in [1.82, 2.24) is 0 Å². The van der Waals surface area contributed by atoms with Gasteiger partial charge in [-0.2, -0.15) is 9.13 Å². The molecule has 4 aliphatic rings. The van der Waals surface area contributed by atoms with Crippen molar-refractivity contribution in [3.63, 3.8) is 0 Å². The van der Waals surface area contributed by atoms with Crippen LogP contribution in [0, 0.1) is 25.7 Å². The summed E-state index contributed by atoms with van der Waals surface area (Å²) in [5.41, 5.74) is 10.0. The van der Waals surface area contributed by atoms with Gasteiger partial charge in [-0.3, -0.25) is 0 Å². The van der Waals surface area contributed by atoms with Crippen molar-refractivity contribution in [3.8, 4) is 33.6 Å². The summed E-state index contributed by atoms with van der Waals surface area (Å²) in [4.78, 5) is 0. The van der Waals surface area contributed by atoms with Crippen molar-refractivity contribution in [3.05, 3.63) is 158 Å². The molecule has 4 saturated carbocycles. The summed E-state index contributed by atoms with van der Waals surface area (Å²) in [6.07, 6.45) is 52.4. The van der Waals surface area contributed by atoms with Crippen molar-refractivity contribution in [2.75, 3.05) is 0 Å². The van der Waals surface area contributed by atoms with Crippen molar-refractivity contribution < 1.29 is 88.8 Å². The molecule has 10 rings (SSSR count). The van der Waals surface area contributed by atoms with E-state index in [1.807, 2.05) is 0 Å². The average molecular weight is 1190 g/mol. The van der Waals surface area contributed by atoms with Crippen LogP contribution in [0.15, 0.2) is 147 Å². The van der Waals surface area contributed by atoms with Gasteiger partial charge in [0.15, 0.2) is 49.6 Å². The van der Waals surface area contributed by atoms with E-state index in [4.69, 9.17) is 0 Å². The third-order valence-corrected chi connectivity index (χ3v) is 14.8. The molecule has 4 aromatic heterocycles. The van der Waals surface area contributed by atoms with Crippen LogP contribution in [0.5, 0.6) is 0 Å². The van der Waals surface area contributed by atoms with Crippen LogP contribution < -0.4 is 54.7 Å². The topological polar surface area (TPSA) is 15.5 Å². The molecule has 0 bridgehead atoms. The van der Waals surface area contributed by atoms with Crippen LogP contribution in [0.2, 0.25) is 0 Å². The molecule has 0 unspecified atom stereocenters. The minimum absolute atomic E-state index is 0. The number of unbranched alkanes of at least 4 members (excludes halogenated alkanes) is 2. The van der Waals surface area contributed by atoms with E-state index in [2.05, 4.69) is 179 Å². The molecular formula is C64H92ClFe2IN4+2. The van der Waals surface area contributed by atoms with E-state index in [9.17, 15) is 0 Å². The second-order valence-corrected chi connectivity index (χ2v) is 20.1. The van der Waals surface area contributed by atoms with E-state index in [1.54, 1.807) is 0 Å². The first-order chi connectivity index (χ1) is 32.6. The van der Waals surface area contributed by atoms with Crippen molar-refractivity contribution in [2.24, 2.45) is 11.8 Å². The van der Waals surface area contributed by atoms with Crippen LogP contribution in [-0.2, 0) is 47.2 Å². The monoisotopic (exact) mass is 1190 g/mol. The molecule has 0 atom stereocenters. The molecule has 0 aliphatic heterocycles. The maximum atomic E-state index is 2.33. The molecule has 0 radical (unpaired) electrons. The summed E-state index contributed by atoms with van der Waals surface area (Å²) >= 11 is 0. The van der Waals surface area contributed by atoms with E-state index in [1.165, 1.54) is 199 Å². The third-order valence-electron chi connectivity index (χ3n) is 14.8. The number of hydrogen-bond acceptors (Lipinski definition) is 0. The Bertz CT molecular complexity index is 2040. The van der Waals surface area contributed by atoms with Gasteiger partial charge in [-0.1, -0.05) is 179 Å². The Hall–Kier alpha value is -2.90. The number of hydrogen-bond donors (Lipinski definition) is 0. The van der Waals surface area contributed by atoms with Crippen molar-refractivity contribution in [2.45, 2.75) is 196 Å². The summed E-state index contributed by atoms with van der Waals surface area (Å²) in [5, 5.41) is 0. The zero-order valence-electron chi connectivity index (χ0n) is 42.6. The fourth-order valence-electron chi connectivity index (χ4n) is 10.4. The normalized spacial score (nSPS) is 14.6. The Labute approximate surface area is 484 Å². The first kappa shape index (κ1) is 67.1. The maximum absolute atomic E-state index is 2.33. The minimum atomic E-state index is 0. The van der Waals surface area contributed by atoms with Crippen LogP contribution in [0.4, 0.5) is 0 Å². The van der Waals surface area contributed by atoms with Gasteiger partial charge in [0.05, 0.1) is 0 Å². The summed E-state index contributed by atoms with van der Waals surface area (Å²) in [5.74, 6) is 2.04. The van der Waals surface area contributed by atoms with E-state index < -0.39 is 0 Å². The summed E-state index contributed by atoms with van der Waals surface area (Å²) in [6, 6.07) is 35.0. The Morgan fingerprint density at radius 3 is 0.861 bits per heavy atom. The van der Waals surface area contributed by atoms with E-state index in [0.29, 0.717) is 0 Å². The second-order valence-electron chi connectivity index (χ2n) is 20.1. The van der Waals surface area contributed by atoms with E-state index in [0.717, 1.165) is 24.9 Å². The Balaban J connectivity index is 0.000000561. The Morgan fingerprint density at radius 2 is 0.597 bits per heavy atom. The van der Waals surface area contributed by atoms with Gasteiger partial charge in [-0.15, -0.1) is 0 Å². The van der Waals surface area contributed by atoms with E-state index in [-0.39, 0.29) is 85.4 Å². The number of halogens is 2. The zero-order valence-corrected chi connectivity index (χ0v) is 47.8. The maximum Gasteiger partial charge on any atom is 0.210 e. The first-order valence-electron chi connectivity index (χ1n) is 26.7. The van der Waals surface area contributed by atoms with Gasteiger partial charge in [-0.05, 0) is 60.8 Å². The summed E-state index contributed by atoms with van der Waals surface area (Å²) in [6.45, 7) is 6.51. The number of pyridine rings is 4. The van der Waals surface area contributed by atoms with Gasteiger partial charge in [-0.25, -0.2) is 9.13 Å². The summed E-state index contributed by atoms with van der Waals surface area (Å²) < 4.78 is 8.98. The van der Waals surface area contributed by atoms with Crippen LogP contribution in [0.3, 0.4) is 0 Å². The second kappa shape index (κ2) is 38.6. The van der Waals surface area contributed by atoms with Gasteiger partial charge in [0, 0.05) is 120 Å².